The Bertz CT molecular complexity index is 571. The summed E-state index contributed by atoms with van der Waals surface area (Å²) in [6.07, 6.45) is 0.434. The number of aliphatic hydroxyl groups excluding tert-OH is 1. The van der Waals surface area contributed by atoms with Crippen LogP contribution in [-0.2, 0) is 10.0 Å². The van der Waals surface area contributed by atoms with Gasteiger partial charge in [0.15, 0.2) is 0 Å². The van der Waals surface area contributed by atoms with Gasteiger partial charge in [0.1, 0.15) is 10.6 Å². The van der Waals surface area contributed by atoms with Crippen LogP contribution in [0.2, 0.25) is 0 Å². The highest BCUT2D eigenvalue weighted by Crippen LogP contribution is 2.24. The van der Waals surface area contributed by atoms with Crippen LogP contribution >= 0.6 is 0 Å². The first-order valence-corrected chi connectivity index (χ1v) is 7.45. The number of benzene rings is 1. The van der Waals surface area contributed by atoms with Crippen LogP contribution in [0.5, 0.6) is 5.75 Å². The van der Waals surface area contributed by atoms with E-state index in [1.807, 2.05) is 0 Å². The molecule has 0 radical (unpaired) electrons. The smallest absolute Gasteiger partial charge is 0.251 e. The van der Waals surface area contributed by atoms with E-state index in [1.165, 1.54) is 32.4 Å². The lowest BCUT2D eigenvalue weighted by Gasteiger charge is -2.11. The average molecular weight is 302 g/mol. The number of sulfonamides is 1. The molecular formula is C12H18N2O5S. The molecule has 0 aliphatic heterocycles. The summed E-state index contributed by atoms with van der Waals surface area (Å²) in [4.78, 5) is 11.7. The maximum Gasteiger partial charge on any atom is 0.251 e. The second kappa shape index (κ2) is 7.22. The van der Waals surface area contributed by atoms with Crippen LogP contribution in [0.1, 0.15) is 16.8 Å². The minimum absolute atomic E-state index is 0.0255. The second-order valence-corrected chi connectivity index (χ2v) is 5.76. The molecule has 0 unspecified atom stereocenters. The molecule has 1 aromatic carbocycles. The van der Waals surface area contributed by atoms with E-state index in [4.69, 9.17) is 9.84 Å². The lowest BCUT2D eigenvalue weighted by Crippen LogP contribution is -2.26. The lowest BCUT2D eigenvalue weighted by atomic mass is 10.2. The van der Waals surface area contributed by atoms with Gasteiger partial charge in [-0.2, -0.15) is 0 Å². The number of carbonyl (C=O) groups is 1. The monoisotopic (exact) mass is 302 g/mol. The van der Waals surface area contributed by atoms with Crippen LogP contribution in [0.25, 0.3) is 0 Å². The maximum atomic E-state index is 11.9. The zero-order valence-corrected chi connectivity index (χ0v) is 12.2. The number of hydrogen-bond donors (Lipinski definition) is 3. The summed E-state index contributed by atoms with van der Waals surface area (Å²) in [5.41, 5.74) is 0.206. The summed E-state index contributed by atoms with van der Waals surface area (Å²) in [6, 6.07) is 4.14. The van der Waals surface area contributed by atoms with Crippen molar-refractivity contribution in [3.05, 3.63) is 23.8 Å². The highest BCUT2D eigenvalue weighted by molar-refractivity contribution is 7.89. The largest absolute Gasteiger partial charge is 0.495 e. The number of ether oxygens (including phenoxy) is 1. The van der Waals surface area contributed by atoms with E-state index in [1.54, 1.807) is 0 Å². The van der Waals surface area contributed by atoms with Crippen LogP contribution in [0, 0.1) is 0 Å². The normalized spacial score (nSPS) is 11.2. The Labute approximate surface area is 118 Å². The van der Waals surface area contributed by atoms with Gasteiger partial charge in [0.2, 0.25) is 10.0 Å². The Kier molecular flexibility index (Phi) is 5.93. The molecule has 1 rings (SSSR count). The molecule has 0 aliphatic carbocycles. The van der Waals surface area contributed by atoms with Gasteiger partial charge < -0.3 is 15.2 Å². The molecule has 0 fully saturated rings. The van der Waals surface area contributed by atoms with Gasteiger partial charge in [-0.05, 0) is 31.7 Å². The Morgan fingerprint density at radius 3 is 2.65 bits per heavy atom. The fourth-order valence-corrected chi connectivity index (χ4v) is 2.44. The van der Waals surface area contributed by atoms with Crippen LogP contribution < -0.4 is 14.8 Å². The van der Waals surface area contributed by atoms with Crippen molar-refractivity contribution < 1.29 is 23.1 Å². The van der Waals surface area contributed by atoms with Gasteiger partial charge in [-0.15, -0.1) is 0 Å². The van der Waals surface area contributed by atoms with Crippen molar-refractivity contribution in [1.29, 1.82) is 0 Å². The Morgan fingerprint density at radius 1 is 1.40 bits per heavy atom. The lowest BCUT2D eigenvalue weighted by molar-refractivity contribution is 0.0951. The third kappa shape index (κ3) is 3.92. The summed E-state index contributed by atoms with van der Waals surface area (Å²) < 4.78 is 30.9. The Balaban J connectivity index is 3.07. The fourth-order valence-electron chi connectivity index (χ4n) is 1.52. The number of hydrogen-bond acceptors (Lipinski definition) is 5. The summed E-state index contributed by atoms with van der Waals surface area (Å²) in [6.45, 7) is 0.289. The molecule has 0 saturated heterocycles. The van der Waals surface area contributed by atoms with Crippen LogP contribution in [0.15, 0.2) is 23.1 Å². The Morgan fingerprint density at radius 2 is 2.10 bits per heavy atom. The molecule has 7 nitrogen and oxygen atoms in total. The van der Waals surface area contributed by atoms with Gasteiger partial charge >= 0.3 is 0 Å². The zero-order valence-electron chi connectivity index (χ0n) is 11.3. The van der Waals surface area contributed by atoms with Crippen molar-refractivity contribution in [2.45, 2.75) is 11.3 Å². The first-order chi connectivity index (χ1) is 9.46. The van der Waals surface area contributed by atoms with Crippen LogP contribution in [0.4, 0.5) is 0 Å². The number of rotatable bonds is 7. The number of nitrogens with one attached hydrogen (secondary N) is 2. The SMILES string of the molecule is CNS(=O)(=O)c1cc(C(=O)NCCCO)ccc1OC. The zero-order chi connectivity index (χ0) is 15.2. The first-order valence-electron chi connectivity index (χ1n) is 5.97. The molecule has 112 valence electrons. The second-order valence-electron chi connectivity index (χ2n) is 3.91. The van der Waals surface area contributed by atoms with Gasteiger partial charge in [-0.1, -0.05) is 0 Å². The highest BCUT2D eigenvalue weighted by atomic mass is 32.2. The maximum absolute atomic E-state index is 11.9. The molecule has 0 atom stereocenters. The van der Waals surface area contributed by atoms with Gasteiger partial charge in [0.05, 0.1) is 7.11 Å². The van der Waals surface area contributed by atoms with E-state index >= 15 is 0 Å². The number of methoxy groups -OCH3 is 1. The highest BCUT2D eigenvalue weighted by Gasteiger charge is 2.19. The molecule has 20 heavy (non-hydrogen) atoms. The van der Waals surface area contributed by atoms with Crippen molar-refractivity contribution in [2.24, 2.45) is 0 Å². The van der Waals surface area contributed by atoms with Gasteiger partial charge in [0, 0.05) is 18.7 Å². The molecule has 1 aromatic rings. The van der Waals surface area contributed by atoms with Crippen LogP contribution in [-0.4, -0.2) is 46.7 Å². The molecule has 3 N–H and O–H groups in total. The fraction of sp³-hybridized carbons (Fsp3) is 0.417. The summed E-state index contributed by atoms with van der Waals surface area (Å²) in [5.74, 6) is -0.250. The predicted molar refractivity (Wildman–Crippen MR) is 73.3 cm³/mol. The molecule has 0 spiro atoms. The van der Waals surface area contributed by atoms with E-state index in [0.29, 0.717) is 13.0 Å². The van der Waals surface area contributed by atoms with E-state index in [2.05, 4.69) is 10.0 Å². The topological polar surface area (TPSA) is 105 Å². The quantitative estimate of drug-likeness (QED) is 0.601. The van der Waals surface area contributed by atoms with E-state index < -0.39 is 15.9 Å². The molecule has 0 bridgehead atoms. The number of carbonyl (C=O) groups excluding carboxylic acids is 1. The third-order valence-electron chi connectivity index (χ3n) is 2.60. The van der Waals surface area contributed by atoms with Crippen LogP contribution in [0.3, 0.4) is 0 Å². The van der Waals surface area contributed by atoms with Crippen molar-refractivity contribution in [2.75, 3.05) is 27.3 Å². The molecule has 1 amide bonds. The molecule has 0 aromatic heterocycles. The summed E-state index contributed by atoms with van der Waals surface area (Å²) >= 11 is 0. The molecule has 0 aliphatic rings. The third-order valence-corrected chi connectivity index (χ3v) is 4.04. The van der Waals surface area contributed by atoms with E-state index in [0.717, 1.165) is 0 Å². The Hall–Kier alpha value is -1.64. The van der Waals surface area contributed by atoms with Gasteiger partial charge in [0.25, 0.3) is 5.91 Å². The standard InChI is InChI=1S/C12H18N2O5S/c1-13-20(17,18)11-8-9(4-5-10(11)19-2)12(16)14-6-3-7-15/h4-5,8,13,15H,3,6-7H2,1-2H3,(H,14,16). The first kappa shape index (κ1) is 16.4. The van der Waals surface area contributed by atoms with Crippen molar-refractivity contribution in [3.8, 4) is 5.75 Å². The van der Waals surface area contributed by atoms with Gasteiger partial charge in [-0.3, -0.25) is 4.79 Å². The minimum atomic E-state index is -3.72. The molecule has 8 heteroatoms. The van der Waals surface area contributed by atoms with Crippen molar-refractivity contribution in [1.82, 2.24) is 10.0 Å². The van der Waals surface area contributed by atoms with E-state index in [9.17, 15) is 13.2 Å². The molecule has 0 saturated carbocycles. The summed E-state index contributed by atoms with van der Waals surface area (Å²) in [7, 11) is -1.08. The van der Waals surface area contributed by atoms with Crippen molar-refractivity contribution in [3.63, 3.8) is 0 Å². The predicted octanol–water partition coefficient (Wildman–Crippen LogP) is -0.284. The number of aliphatic hydroxyl groups is 1. The van der Waals surface area contributed by atoms with E-state index in [-0.39, 0.29) is 22.8 Å². The molecule has 0 heterocycles. The number of amides is 1. The minimum Gasteiger partial charge on any atom is -0.495 e. The summed E-state index contributed by atoms with van der Waals surface area (Å²) in [5, 5.41) is 11.2. The molecular weight excluding hydrogens is 284 g/mol. The van der Waals surface area contributed by atoms with Crippen molar-refractivity contribution >= 4 is 15.9 Å². The van der Waals surface area contributed by atoms with Gasteiger partial charge in [-0.25, -0.2) is 13.1 Å². The average Bonchev–Trinajstić information content (AvgIpc) is 2.46.